The van der Waals surface area contributed by atoms with Gasteiger partial charge in [0.1, 0.15) is 17.1 Å². The third kappa shape index (κ3) is 3.11. The highest BCUT2D eigenvalue weighted by Crippen LogP contribution is 2.36. The monoisotopic (exact) mass is 315 g/mol. The molecule has 0 saturated heterocycles. The Bertz CT molecular complexity index is 746. The first kappa shape index (κ1) is 16.7. The van der Waals surface area contributed by atoms with Crippen molar-refractivity contribution in [1.29, 1.82) is 0 Å². The van der Waals surface area contributed by atoms with Crippen molar-refractivity contribution in [2.45, 2.75) is 40.0 Å². The van der Waals surface area contributed by atoms with Crippen molar-refractivity contribution in [1.82, 2.24) is 9.97 Å². The molecule has 2 rings (SSSR count). The molecule has 1 heterocycles. The number of carboxylic acids is 1. The number of aromatic hydroxyl groups is 1. The van der Waals surface area contributed by atoms with Gasteiger partial charge in [0.2, 0.25) is 0 Å². The largest absolute Gasteiger partial charge is 0.507 e. The van der Waals surface area contributed by atoms with Crippen LogP contribution in [0.25, 0.3) is 11.4 Å². The summed E-state index contributed by atoms with van der Waals surface area (Å²) in [5.74, 6) is -1.01. The molecule has 0 fully saturated rings. The van der Waals surface area contributed by atoms with Gasteiger partial charge in [0.15, 0.2) is 5.82 Å². The van der Waals surface area contributed by atoms with Crippen LogP contribution in [0.2, 0.25) is 0 Å². The van der Waals surface area contributed by atoms with Gasteiger partial charge in [-0.05, 0) is 36.5 Å². The van der Waals surface area contributed by atoms with Gasteiger partial charge in [0.25, 0.3) is 0 Å². The second kappa shape index (κ2) is 5.53. The number of aromatic nitrogens is 2. The maximum absolute atomic E-state index is 11.2. The van der Waals surface area contributed by atoms with E-state index in [4.69, 9.17) is 10.8 Å². The molecule has 0 bridgehead atoms. The number of aromatic carboxylic acids is 1. The molecule has 0 radical (unpaired) electrons. The van der Waals surface area contributed by atoms with Crippen LogP contribution in [0.1, 0.15) is 48.0 Å². The Morgan fingerprint density at radius 3 is 2.22 bits per heavy atom. The Morgan fingerprint density at radius 2 is 1.78 bits per heavy atom. The van der Waals surface area contributed by atoms with Crippen molar-refractivity contribution < 1.29 is 15.0 Å². The standard InChI is InChI=1S/C17H21N3O3/c1-8-6-10(17(3,4)5)7-11(21)12(8)15-19-9(2)13(16(22)23)14(18)20-15/h6-7,21H,1-5H3,(H,22,23)(H2,18,19,20). The maximum atomic E-state index is 11.2. The van der Waals surface area contributed by atoms with Crippen molar-refractivity contribution >= 4 is 11.8 Å². The Labute approximate surface area is 135 Å². The van der Waals surface area contributed by atoms with Crippen LogP contribution < -0.4 is 5.73 Å². The average Bonchev–Trinajstić information content (AvgIpc) is 2.35. The summed E-state index contributed by atoms with van der Waals surface area (Å²) in [4.78, 5) is 19.4. The number of nitrogens with two attached hydrogens (primary N) is 1. The zero-order chi connectivity index (χ0) is 17.5. The number of nitrogens with zero attached hydrogens (tertiary/aromatic N) is 2. The Morgan fingerprint density at radius 1 is 1.17 bits per heavy atom. The van der Waals surface area contributed by atoms with Gasteiger partial charge >= 0.3 is 5.97 Å². The Kier molecular flexibility index (Phi) is 4.03. The van der Waals surface area contributed by atoms with Crippen LogP contribution >= 0.6 is 0 Å². The molecule has 1 aromatic carbocycles. The molecular weight excluding hydrogens is 294 g/mol. The number of hydrogen-bond acceptors (Lipinski definition) is 5. The van der Waals surface area contributed by atoms with Gasteiger partial charge in [-0.1, -0.05) is 26.8 Å². The molecule has 0 aliphatic rings. The number of phenolic OH excluding ortho intramolecular Hbond substituents is 1. The minimum atomic E-state index is -1.17. The number of carboxylic acid groups (broad SMARTS) is 1. The normalized spacial score (nSPS) is 11.5. The van der Waals surface area contributed by atoms with Crippen molar-refractivity contribution in [3.63, 3.8) is 0 Å². The Hall–Kier alpha value is -2.63. The van der Waals surface area contributed by atoms with Crippen LogP contribution in [0.4, 0.5) is 5.82 Å². The molecule has 0 aliphatic heterocycles. The summed E-state index contributed by atoms with van der Waals surface area (Å²) in [5, 5.41) is 19.5. The van der Waals surface area contributed by atoms with Gasteiger partial charge < -0.3 is 15.9 Å². The molecule has 0 saturated carbocycles. The molecule has 0 aliphatic carbocycles. The summed E-state index contributed by atoms with van der Waals surface area (Å²) in [5.41, 5.74) is 8.04. The fraction of sp³-hybridized carbons (Fsp3) is 0.353. The average molecular weight is 315 g/mol. The number of aryl methyl sites for hydroxylation is 2. The minimum Gasteiger partial charge on any atom is -0.507 e. The lowest BCUT2D eigenvalue weighted by Gasteiger charge is -2.21. The smallest absolute Gasteiger partial charge is 0.341 e. The van der Waals surface area contributed by atoms with Gasteiger partial charge in [-0.15, -0.1) is 0 Å². The lowest BCUT2D eigenvalue weighted by atomic mass is 9.85. The summed E-state index contributed by atoms with van der Waals surface area (Å²) >= 11 is 0. The fourth-order valence-corrected chi connectivity index (χ4v) is 2.46. The van der Waals surface area contributed by atoms with E-state index in [-0.39, 0.29) is 34.1 Å². The first-order valence-electron chi connectivity index (χ1n) is 7.24. The third-order valence-electron chi connectivity index (χ3n) is 3.74. The molecule has 0 amide bonds. The number of rotatable bonds is 2. The fourth-order valence-electron chi connectivity index (χ4n) is 2.46. The minimum absolute atomic E-state index is 0.0526. The lowest BCUT2D eigenvalue weighted by Crippen LogP contribution is -2.12. The molecule has 6 heteroatoms. The first-order chi connectivity index (χ1) is 10.5. The predicted octanol–water partition coefficient (Wildman–Crippen LogP) is 3.04. The van der Waals surface area contributed by atoms with E-state index in [1.165, 1.54) is 0 Å². The number of carbonyl (C=O) groups is 1. The first-order valence-corrected chi connectivity index (χ1v) is 7.24. The predicted molar refractivity (Wildman–Crippen MR) is 88.7 cm³/mol. The van der Waals surface area contributed by atoms with Crippen LogP contribution in [0.15, 0.2) is 12.1 Å². The lowest BCUT2D eigenvalue weighted by molar-refractivity contribution is 0.0696. The van der Waals surface area contributed by atoms with Crippen molar-refractivity contribution in [3.05, 3.63) is 34.5 Å². The van der Waals surface area contributed by atoms with Crippen LogP contribution in [-0.4, -0.2) is 26.2 Å². The molecule has 0 spiro atoms. The third-order valence-corrected chi connectivity index (χ3v) is 3.74. The van der Waals surface area contributed by atoms with E-state index in [1.54, 1.807) is 13.0 Å². The van der Waals surface area contributed by atoms with E-state index in [0.717, 1.165) is 11.1 Å². The highest BCUT2D eigenvalue weighted by molar-refractivity contribution is 5.94. The van der Waals surface area contributed by atoms with Gasteiger partial charge in [-0.3, -0.25) is 0 Å². The van der Waals surface area contributed by atoms with Crippen molar-refractivity contribution in [3.8, 4) is 17.1 Å². The van der Waals surface area contributed by atoms with Crippen LogP contribution in [0.3, 0.4) is 0 Å². The summed E-state index contributed by atoms with van der Waals surface area (Å²) in [7, 11) is 0. The van der Waals surface area contributed by atoms with Crippen LogP contribution in [-0.2, 0) is 5.41 Å². The zero-order valence-corrected chi connectivity index (χ0v) is 13.9. The second-order valence-electron chi connectivity index (χ2n) is 6.64. The summed E-state index contributed by atoms with van der Waals surface area (Å²) in [6.45, 7) is 9.58. The number of nitrogen functional groups attached to an aromatic ring is 1. The number of hydrogen-bond donors (Lipinski definition) is 3. The molecular formula is C17H21N3O3. The molecule has 0 atom stereocenters. The summed E-state index contributed by atoms with van der Waals surface area (Å²) in [6, 6.07) is 3.65. The Balaban J connectivity index is 2.67. The number of phenols is 1. The van der Waals surface area contributed by atoms with Gasteiger partial charge in [0, 0.05) is 0 Å². The number of anilines is 1. The van der Waals surface area contributed by atoms with E-state index in [9.17, 15) is 9.90 Å². The van der Waals surface area contributed by atoms with E-state index in [0.29, 0.717) is 5.56 Å². The molecule has 1 aromatic heterocycles. The van der Waals surface area contributed by atoms with E-state index in [1.807, 2.05) is 13.0 Å². The maximum Gasteiger partial charge on any atom is 0.341 e. The van der Waals surface area contributed by atoms with E-state index < -0.39 is 5.97 Å². The highest BCUT2D eigenvalue weighted by Gasteiger charge is 2.22. The van der Waals surface area contributed by atoms with Crippen molar-refractivity contribution in [2.75, 3.05) is 5.73 Å². The summed E-state index contributed by atoms with van der Waals surface area (Å²) in [6.07, 6.45) is 0. The molecule has 122 valence electrons. The summed E-state index contributed by atoms with van der Waals surface area (Å²) < 4.78 is 0. The SMILES string of the molecule is Cc1cc(C(C)(C)C)cc(O)c1-c1nc(C)c(C(=O)O)c(N)n1. The molecule has 6 nitrogen and oxygen atoms in total. The quantitative estimate of drug-likeness (QED) is 0.786. The zero-order valence-electron chi connectivity index (χ0n) is 13.9. The van der Waals surface area contributed by atoms with Crippen molar-refractivity contribution in [2.24, 2.45) is 0 Å². The highest BCUT2D eigenvalue weighted by atomic mass is 16.4. The van der Waals surface area contributed by atoms with Crippen LogP contribution in [0.5, 0.6) is 5.75 Å². The molecule has 23 heavy (non-hydrogen) atoms. The second-order valence-corrected chi connectivity index (χ2v) is 6.64. The van der Waals surface area contributed by atoms with Gasteiger partial charge in [-0.2, -0.15) is 0 Å². The number of benzene rings is 1. The topological polar surface area (TPSA) is 109 Å². The van der Waals surface area contributed by atoms with Gasteiger partial charge in [0.05, 0.1) is 11.3 Å². The van der Waals surface area contributed by atoms with Gasteiger partial charge in [-0.25, -0.2) is 14.8 Å². The van der Waals surface area contributed by atoms with Crippen LogP contribution in [0, 0.1) is 13.8 Å². The molecule has 4 N–H and O–H groups in total. The van der Waals surface area contributed by atoms with E-state index in [2.05, 4.69) is 30.7 Å². The molecule has 0 unspecified atom stereocenters. The molecule has 2 aromatic rings. The van der Waals surface area contributed by atoms with E-state index >= 15 is 0 Å².